The van der Waals surface area contributed by atoms with Crippen molar-refractivity contribution in [2.45, 2.75) is 99.5 Å². The van der Waals surface area contributed by atoms with Gasteiger partial charge in [-0.25, -0.2) is 22.2 Å². The van der Waals surface area contributed by atoms with Gasteiger partial charge in [0.15, 0.2) is 0 Å². The lowest BCUT2D eigenvalue weighted by Gasteiger charge is -2.30. The average molecular weight is 834 g/mol. The van der Waals surface area contributed by atoms with Crippen LogP contribution in [0.2, 0.25) is 0 Å². The standard InChI is InChI=1S/C43H49F2N5O8S/c1-57-30-14-17-33-35(21-30)46-34(27-10-7-5-8-11-27)23-37(33)58-31-22-36-39(52)47-43(41(54)48-59(55,56)32-15-16-32)24-29(43)13-9-4-2-3-6-12-28(40(53)50(36)25-31)20-38(51)49-19-18-42(44,45)26-49/h5,7-11,13-14,17,21,23,28-29,31-32,36H,2-4,6,12,15-16,18-20,22,24-26H2,1H3,(H,47,52)(H,48,54)/b13-9-/t28-,29-,31-,36+,43-/m1/s1. The topological polar surface area (TPSA) is 164 Å². The number of aromatic nitrogens is 1. The summed E-state index contributed by atoms with van der Waals surface area (Å²) in [5, 5.41) is 2.88. The number of hydrogen-bond donors (Lipinski definition) is 2. The third kappa shape index (κ3) is 8.78. The zero-order valence-electron chi connectivity index (χ0n) is 32.9. The van der Waals surface area contributed by atoms with Crippen molar-refractivity contribution in [3.8, 4) is 22.8 Å². The predicted molar refractivity (Wildman–Crippen MR) is 214 cm³/mol. The Morgan fingerprint density at radius 1 is 1.03 bits per heavy atom. The van der Waals surface area contributed by atoms with Crippen LogP contribution in [0.1, 0.15) is 70.6 Å². The van der Waals surface area contributed by atoms with Gasteiger partial charge in [0, 0.05) is 60.7 Å². The number of allylic oxidation sites excluding steroid dienone is 1. The van der Waals surface area contributed by atoms with Crippen LogP contribution in [0.5, 0.6) is 11.5 Å². The van der Waals surface area contributed by atoms with Crippen molar-refractivity contribution in [2.75, 3.05) is 26.7 Å². The molecule has 5 aliphatic rings. The van der Waals surface area contributed by atoms with Gasteiger partial charge < -0.3 is 24.6 Å². The number of carbonyl (C=O) groups excluding carboxylic acids is 4. The third-order valence-electron chi connectivity index (χ3n) is 12.2. The van der Waals surface area contributed by atoms with Crippen molar-refractivity contribution in [3.63, 3.8) is 0 Å². The number of pyridine rings is 1. The quantitative estimate of drug-likeness (QED) is 0.278. The monoisotopic (exact) mass is 833 g/mol. The largest absolute Gasteiger partial charge is 0.497 e. The summed E-state index contributed by atoms with van der Waals surface area (Å²) in [5.74, 6) is -5.84. The van der Waals surface area contributed by atoms with Crippen molar-refractivity contribution in [2.24, 2.45) is 11.8 Å². The molecule has 0 spiro atoms. The molecule has 16 heteroatoms. The first kappa shape index (κ1) is 40.7. The van der Waals surface area contributed by atoms with Gasteiger partial charge in [-0.3, -0.25) is 23.9 Å². The number of sulfonamides is 1. The van der Waals surface area contributed by atoms with Crippen LogP contribution in [0, 0.1) is 11.8 Å². The number of methoxy groups -OCH3 is 1. The van der Waals surface area contributed by atoms with Gasteiger partial charge in [-0.1, -0.05) is 55.3 Å². The minimum atomic E-state index is -3.93. The van der Waals surface area contributed by atoms with Gasteiger partial charge in [0.1, 0.15) is 29.2 Å². The van der Waals surface area contributed by atoms with E-state index in [0.717, 1.165) is 23.3 Å². The predicted octanol–water partition coefficient (Wildman–Crippen LogP) is 5.14. The summed E-state index contributed by atoms with van der Waals surface area (Å²) in [6.45, 7) is -0.868. The first-order valence-electron chi connectivity index (χ1n) is 20.5. The number of hydrogen-bond acceptors (Lipinski definition) is 9. The Bertz CT molecular complexity index is 2270. The zero-order chi connectivity index (χ0) is 41.5. The first-order chi connectivity index (χ1) is 28.2. The molecule has 4 amide bonds. The van der Waals surface area contributed by atoms with E-state index in [1.165, 1.54) is 4.90 Å². The molecule has 2 saturated heterocycles. The van der Waals surface area contributed by atoms with Gasteiger partial charge in [0.25, 0.3) is 11.8 Å². The van der Waals surface area contributed by atoms with E-state index in [1.54, 1.807) is 25.3 Å². The molecule has 4 heterocycles. The second-order valence-electron chi connectivity index (χ2n) is 16.6. The van der Waals surface area contributed by atoms with E-state index in [4.69, 9.17) is 14.5 Å². The van der Waals surface area contributed by atoms with Gasteiger partial charge in [0.2, 0.25) is 27.7 Å². The van der Waals surface area contributed by atoms with E-state index < -0.39 is 87.3 Å². The average Bonchev–Trinajstić information content (AvgIpc) is 4.12. The van der Waals surface area contributed by atoms with E-state index in [-0.39, 0.29) is 32.4 Å². The van der Waals surface area contributed by atoms with Crippen LogP contribution in [0.15, 0.2) is 66.7 Å². The maximum Gasteiger partial charge on any atom is 0.267 e. The summed E-state index contributed by atoms with van der Waals surface area (Å²) in [4.78, 5) is 64.0. The fraction of sp³-hybridized carbons (Fsp3) is 0.512. The Morgan fingerprint density at radius 3 is 2.56 bits per heavy atom. The molecule has 3 aliphatic heterocycles. The molecule has 8 rings (SSSR count). The Kier molecular flexibility index (Phi) is 11.1. The molecule has 2 saturated carbocycles. The van der Waals surface area contributed by atoms with E-state index in [9.17, 15) is 36.4 Å². The molecule has 5 atom stereocenters. The van der Waals surface area contributed by atoms with Gasteiger partial charge in [-0.15, -0.1) is 0 Å². The second kappa shape index (κ2) is 16.1. The number of benzene rings is 2. The number of carbonyl (C=O) groups is 4. The van der Waals surface area contributed by atoms with Crippen LogP contribution in [0.4, 0.5) is 8.78 Å². The molecule has 2 N–H and O–H groups in total. The lowest BCUT2D eigenvalue weighted by atomic mass is 9.94. The number of nitrogens with zero attached hydrogens (tertiary/aromatic N) is 3. The van der Waals surface area contributed by atoms with Crippen molar-refractivity contribution in [3.05, 3.63) is 66.7 Å². The summed E-state index contributed by atoms with van der Waals surface area (Å²) in [5.41, 5.74) is 0.496. The third-order valence-corrected chi connectivity index (χ3v) is 14.1. The lowest BCUT2D eigenvalue weighted by molar-refractivity contribution is -0.145. The Labute approximate surface area is 341 Å². The number of likely N-dealkylation sites (tertiary alicyclic amines) is 1. The normalized spacial score (nSPS) is 27.8. The molecule has 13 nitrogen and oxygen atoms in total. The van der Waals surface area contributed by atoms with Crippen molar-refractivity contribution < 1.29 is 45.9 Å². The van der Waals surface area contributed by atoms with Crippen molar-refractivity contribution in [1.29, 1.82) is 0 Å². The highest BCUT2D eigenvalue weighted by atomic mass is 32.2. The van der Waals surface area contributed by atoms with E-state index in [0.29, 0.717) is 60.2 Å². The van der Waals surface area contributed by atoms with Crippen molar-refractivity contribution >= 4 is 44.6 Å². The second-order valence-corrected chi connectivity index (χ2v) is 18.5. The highest BCUT2D eigenvalue weighted by Gasteiger charge is 2.62. The Hall–Kier alpha value is -5.12. The Morgan fingerprint density at radius 2 is 1.83 bits per heavy atom. The van der Waals surface area contributed by atoms with Crippen molar-refractivity contribution in [1.82, 2.24) is 24.8 Å². The number of fused-ring (bicyclic) bond motifs is 3. The number of alkyl halides is 2. The molecule has 59 heavy (non-hydrogen) atoms. The summed E-state index contributed by atoms with van der Waals surface area (Å²) >= 11 is 0. The highest BCUT2D eigenvalue weighted by Crippen LogP contribution is 2.46. The van der Waals surface area contributed by atoms with E-state index in [1.807, 2.05) is 48.6 Å². The SMILES string of the molecule is COc1ccc2c(O[C@@H]3C[C@H]4C(=O)N[C@]5(C(=O)NS(=O)(=O)C6CC6)C[C@H]5/C=C\CCCCC[C@H](CC(=O)N5CCC(F)(F)C5)C(=O)N4C3)cc(-c3ccccc3)nc2c1. The van der Waals surface area contributed by atoms with Gasteiger partial charge in [-0.05, 0) is 50.7 Å². The molecule has 0 bridgehead atoms. The molecule has 1 aromatic heterocycles. The Balaban J connectivity index is 1.12. The van der Waals surface area contributed by atoms with Crippen LogP contribution in [-0.4, -0.2) is 102 Å². The van der Waals surface area contributed by atoms with Crippen LogP contribution >= 0.6 is 0 Å². The molecule has 2 aromatic carbocycles. The molecule has 0 radical (unpaired) electrons. The minimum absolute atomic E-state index is 0.00973. The van der Waals surface area contributed by atoms with Crippen LogP contribution < -0.4 is 19.5 Å². The van der Waals surface area contributed by atoms with Gasteiger partial charge in [-0.2, -0.15) is 0 Å². The number of halogens is 2. The van der Waals surface area contributed by atoms with Crippen LogP contribution in [0.25, 0.3) is 22.2 Å². The number of ether oxygens (including phenoxy) is 2. The fourth-order valence-electron chi connectivity index (χ4n) is 8.61. The molecule has 4 fully saturated rings. The maximum absolute atomic E-state index is 14.8. The summed E-state index contributed by atoms with van der Waals surface area (Å²) in [6.07, 6.45) is 6.37. The number of amides is 4. The molecule has 314 valence electrons. The van der Waals surface area contributed by atoms with E-state index in [2.05, 4.69) is 10.0 Å². The number of rotatable bonds is 9. The summed E-state index contributed by atoms with van der Waals surface area (Å²) < 4.78 is 68.6. The molecule has 3 aromatic rings. The number of nitrogens with one attached hydrogen (secondary N) is 2. The van der Waals surface area contributed by atoms with Gasteiger partial charge in [0.05, 0.1) is 36.7 Å². The molecular weight excluding hydrogens is 785 g/mol. The first-order valence-corrected chi connectivity index (χ1v) is 22.0. The molecule has 2 aliphatic carbocycles. The van der Waals surface area contributed by atoms with Crippen LogP contribution in [-0.2, 0) is 29.2 Å². The lowest BCUT2D eigenvalue weighted by Crippen LogP contribution is -2.57. The smallest absolute Gasteiger partial charge is 0.267 e. The van der Waals surface area contributed by atoms with Gasteiger partial charge >= 0.3 is 0 Å². The minimum Gasteiger partial charge on any atom is -0.497 e. The summed E-state index contributed by atoms with van der Waals surface area (Å²) in [6, 6.07) is 15.5. The maximum atomic E-state index is 14.8. The highest BCUT2D eigenvalue weighted by molar-refractivity contribution is 7.91. The molecular formula is C43H49F2N5O8S. The zero-order valence-corrected chi connectivity index (χ0v) is 33.7. The fourth-order valence-corrected chi connectivity index (χ4v) is 9.97. The van der Waals surface area contributed by atoms with Crippen LogP contribution in [0.3, 0.4) is 0 Å². The summed E-state index contributed by atoms with van der Waals surface area (Å²) in [7, 11) is -2.38. The van der Waals surface area contributed by atoms with E-state index >= 15 is 0 Å². The molecule has 0 unspecified atom stereocenters.